The maximum Gasteiger partial charge on any atom is 0.346 e. The third kappa shape index (κ3) is 12.3. The minimum atomic E-state index is -0.917. The SMILES string of the molecule is Cc1c(OC(=O)c2ccc(OCCCCCCOC(=O)C3CCC4OC4C3)cc2F)ccc(OC(=O)c2ccc(OCCCCCCOC(=O)C3CCC4OC4C3)cc2F)c1C. The van der Waals surface area contributed by atoms with E-state index < -0.39 is 23.6 Å². The van der Waals surface area contributed by atoms with Crippen molar-refractivity contribution in [1.82, 2.24) is 0 Å². The van der Waals surface area contributed by atoms with Crippen LogP contribution in [0.5, 0.6) is 23.0 Å². The second kappa shape index (κ2) is 21.3. The van der Waals surface area contributed by atoms with E-state index in [1.807, 2.05) is 0 Å². The van der Waals surface area contributed by atoms with E-state index in [4.69, 9.17) is 37.9 Å². The largest absolute Gasteiger partial charge is 0.493 e. The molecule has 0 amide bonds. The lowest BCUT2D eigenvalue weighted by atomic mass is 9.89. The Morgan fingerprint density at radius 1 is 0.532 bits per heavy atom. The maximum atomic E-state index is 15.0. The van der Waals surface area contributed by atoms with Crippen molar-refractivity contribution in [3.8, 4) is 23.0 Å². The molecule has 6 unspecified atom stereocenters. The summed E-state index contributed by atoms with van der Waals surface area (Å²) in [6.45, 7) is 4.81. The summed E-state index contributed by atoms with van der Waals surface area (Å²) in [6, 6.07) is 10.7. The first-order valence-corrected chi connectivity index (χ1v) is 22.1. The number of fused-ring (bicyclic) bond motifs is 2. The van der Waals surface area contributed by atoms with Crippen LogP contribution in [0.25, 0.3) is 0 Å². The average molecular weight is 863 g/mol. The zero-order valence-electron chi connectivity index (χ0n) is 35.5. The quantitative estimate of drug-likeness (QED) is 0.0411. The number of carbonyl (C=O) groups is 4. The third-order valence-electron chi connectivity index (χ3n) is 12.2. The van der Waals surface area contributed by atoms with Crippen LogP contribution in [0.2, 0.25) is 0 Å². The number of halogens is 2. The van der Waals surface area contributed by atoms with Crippen molar-refractivity contribution in [3.63, 3.8) is 0 Å². The Morgan fingerprint density at radius 3 is 1.32 bits per heavy atom. The summed E-state index contributed by atoms with van der Waals surface area (Å²) in [7, 11) is 0. The van der Waals surface area contributed by atoms with Crippen molar-refractivity contribution in [2.45, 2.75) is 128 Å². The van der Waals surface area contributed by atoms with Crippen LogP contribution in [0, 0.1) is 37.3 Å². The van der Waals surface area contributed by atoms with Gasteiger partial charge in [-0.3, -0.25) is 9.59 Å². The second-order valence-electron chi connectivity index (χ2n) is 16.7. The highest BCUT2D eigenvalue weighted by molar-refractivity contribution is 5.93. The van der Waals surface area contributed by atoms with Crippen LogP contribution in [0.3, 0.4) is 0 Å². The monoisotopic (exact) mass is 862 g/mol. The number of hydrogen-bond donors (Lipinski definition) is 0. The molecule has 334 valence electrons. The van der Waals surface area contributed by atoms with Gasteiger partial charge in [0.25, 0.3) is 0 Å². The fourth-order valence-electron chi connectivity index (χ4n) is 8.12. The van der Waals surface area contributed by atoms with Gasteiger partial charge in [0.15, 0.2) is 0 Å². The number of esters is 4. The van der Waals surface area contributed by atoms with E-state index in [1.165, 1.54) is 36.4 Å². The lowest BCUT2D eigenvalue weighted by molar-refractivity contribution is -0.150. The summed E-state index contributed by atoms with van der Waals surface area (Å²) in [4.78, 5) is 50.5. The van der Waals surface area contributed by atoms with Gasteiger partial charge in [0.2, 0.25) is 0 Å². The predicted molar refractivity (Wildman–Crippen MR) is 220 cm³/mol. The smallest absolute Gasteiger partial charge is 0.346 e. The van der Waals surface area contributed by atoms with E-state index in [-0.39, 0.29) is 70.1 Å². The summed E-state index contributed by atoms with van der Waals surface area (Å²) in [5, 5.41) is 0. The first kappa shape index (κ1) is 45.0. The van der Waals surface area contributed by atoms with Crippen LogP contribution in [-0.4, -0.2) is 74.7 Å². The second-order valence-corrected chi connectivity index (χ2v) is 16.7. The van der Waals surface area contributed by atoms with Crippen LogP contribution >= 0.6 is 0 Å². The molecule has 62 heavy (non-hydrogen) atoms. The molecule has 14 heteroatoms. The molecule has 6 atom stereocenters. The summed E-state index contributed by atoms with van der Waals surface area (Å²) < 4.78 is 74.3. The van der Waals surface area contributed by atoms with E-state index in [0.717, 1.165) is 102 Å². The normalized spacial score (nSPS) is 22.1. The van der Waals surface area contributed by atoms with Crippen LogP contribution in [0.4, 0.5) is 8.78 Å². The molecule has 4 aliphatic rings. The predicted octanol–water partition coefficient (Wildman–Crippen LogP) is 9.12. The van der Waals surface area contributed by atoms with Gasteiger partial charge >= 0.3 is 23.9 Å². The fraction of sp³-hybridized carbons (Fsp3) is 0.542. The van der Waals surface area contributed by atoms with E-state index in [1.54, 1.807) is 13.8 Å². The van der Waals surface area contributed by atoms with Gasteiger partial charge in [0.05, 0.1) is 73.8 Å². The third-order valence-corrected chi connectivity index (χ3v) is 12.2. The van der Waals surface area contributed by atoms with Gasteiger partial charge in [0, 0.05) is 12.1 Å². The summed E-state index contributed by atoms with van der Waals surface area (Å²) in [5.74, 6) is -2.96. The van der Waals surface area contributed by atoms with E-state index >= 15 is 8.78 Å². The molecule has 2 saturated carbocycles. The topological polar surface area (TPSA) is 149 Å². The van der Waals surface area contributed by atoms with Gasteiger partial charge in [-0.1, -0.05) is 0 Å². The molecule has 12 nitrogen and oxygen atoms in total. The molecule has 2 saturated heterocycles. The van der Waals surface area contributed by atoms with Gasteiger partial charge in [-0.05, 0) is 151 Å². The molecule has 0 spiro atoms. The zero-order chi connectivity index (χ0) is 43.6. The molecule has 0 radical (unpaired) electrons. The minimum Gasteiger partial charge on any atom is -0.493 e. The van der Waals surface area contributed by atoms with E-state index in [0.29, 0.717) is 49.8 Å². The van der Waals surface area contributed by atoms with Gasteiger partial charge in [-0.2, -0.15) is 0 Å². The number of hydrogen-bond acceptors (Lipinski definition) is 12. The molecule has 3 aromatic carbocycles. The summed E-state index contributed by atoms with van der Waals surface area (Å²) in [6.07, 6.45) is 12.7. The highest BCUT2D eigenvalue weighted by Crippen LogP contribution is 2.41. The molecule has 2 aliphatic heterocycles. The van der Waals surface area contributed by atoms with Crippen LogP contribution < -0.4 is 18.9 Å². The van der Waals surface area contributed by atoms with Crippen molar-refractivity contribution in [1.29, 1.82) is 0 Å². The zero-order valence-corrected chi connectivity index (χ0v) is 35.5. The molecular formula is C48H56F2O12. The number of benzene rings is 3. The summed E-state index contributed by atoms with van der Waals surface area (Å²) >= 11 is 0. The number of ether oxygens (including phenoxy) is 8. The first-order valence-electron chi connectivity index (χ1n) is 22.1. The van der Waals surface area contributed by atoms with Gasteiger partial charge in [0.1, 0.15) is 34.6 Å². The lowest BCUT2D eigenvalue weighted by Gasteiger charge is -2.17. The highest BCUT2D eigenvalue weighted by Gasteiger charge is 2.47. The number of rotatable bonds is 22. The van der Waals surface area contributed by atoms with Crippen molar-refractivity contribution < 1.29 is 65.9 Å². The molecule has 0 bridgehead atoms. The van der Waals surface area contributed by atoms with Crippen LogP contribution in [0.15, 0.2) is 48.5 Å². The molecule has 7 rings (SSSR count). The van der Waals surface area contributed by atoms with Gasteiger partial charge in [-0.25, -0.2) is 18.4 Å². The highest BCUT2D eigenvalue weighted by atomic mass is 19.1. The molecule has 3 aromatic rings. The molecular weight excluding hydrogens is 807 g/mol. The fourth-order valence-corrected chi connectivity index (χ4v) is 8.12. The van der Waals surface area contributed by atoms with Crippen LogP contribution in [-0.2, 0) is 28.5 Å². The van der Waals surface area contributed by atoms with Crippen molar-refractivity contribution in [3.05, 3.63) is 82.4 Å². The standard InChI is InChI=1S/C48H56F2O12/c1-29-30(2)40(62-48(54)36-16-14-34(28-38(36)50)56-22-8-4-6-10-24-58-46(52)32-12-18-42-44(26-32)60-42)20-19-39(29)61-47(53)35-15-13-33(27-37(35)49)55-21-7-3-5-9-23-57-45(51)31-11-17-41-43(25-31)59-41/h13-16,19-20,27-28,31-32,41-44H,3-12,17-18,21-26H2,1-2H3. The summed E-state index contributed by atoms with van der Waals surface area (Å²) in [5.41, 5.74) is 0.372. The molecule has 0 N–H and O–H groups in total. The van der Waals surface area contributed by atoms with E-state index in [2.05, 4.69) is 0 Å². The molecule has 4 fully saturated rings. The molecule has 2 heterocycles. The van der Waals surface area contributed by atoms with Crippen molar-refractivity contribution in [2.24, 2.45) is 11.8 Å². The number of unbranched alkanes of at least 4 members (excludes halogenated alkanes) is 6. The maximum absolute atomic E-state index is 15.0. The molecule has 0 aromatic heterocycles. The average Bonchev–Trinajstić information content (AvgIpc) is 4.20. The Kier molecular flexibility index (Phi) is 15.5. The van der Waals surface area contributed by atoms with E-state index in [9.17, 15) is 19.2 Å². The van der Waals surface area contributed by atoms with Gasteiger partial charge in [-0.15, -0.1) is 0 Å². The lowest BCUT2D eigenvalue weighted by Crippen LogP contribution is -2.24. The Labute approximate surface area is 360 Å². The van der Waals surface area contributed by atoms with Crippen molar-refractivity contribution in [2.75, 3.05) is 26.4 Å². The minimum absolute atomic E-state index is 0.0505. The van der Waals surface area contributed by atoms with Crippen LogP contribution in [0.1, 0.15) is 122 Å². The van der Waals surface area contributed by atoms with Crippen molar-refractivity contribution >= 4 is 23.9 Å². The number of carbonyl (C=O) groups excluding carboxylic acids is 4. The first-order chi connectivity index (χ1) is 30.0. The number of epoxide rings is 2. The Bertz CT molecular complexity index is 1930. The Balaban J connectivity index is 0.770. The molecule has 2 aliphatic carbocycles. The van der Waals surface area contributed by atoms with Gasteiger partial charge < -0.3 is 37.9 Å². The Morgan fingerprint density at radius 2 is 0.935 bits per heavy atom. The Hall–Kier alpha value is -5.08.